The van der Waals surface area contributed by atoms with Crippen LogP contribution in [0.5, 0.6) is 0 Å². The average Bonchev–Trinajstić information content (AvgIpc) is 3.72. The van der Waals surface area contributed by atoms with Gasteiger partial charge in [-0.15, -0.1) is 0 Å². The van der Waals surface area contributed by atoms with Crippen molar-refractivity contribution in [1.29, 1.82) is 0 Å². The number of furan rings is 1. The molecule has 7 aromatic carbocycles. The summed E-state index contributed by atoms with van der Waals surface area (Å²) in [6, 6.07) is 62.1. The standard InChI is InChI=1S/C48H32N2O/c1-48(34-19-6-3-7-20-34)41-27-10-8-21-36(41)38-24-13-23-35(45(38)48)32-17-12-18-33(29-32)42-30-43(50-47(49-42)31-15-4-2-5-16-31)40-26-14-25-39-37-22-9-11-28-44(37)51-46(39)40/h2-30H,1H3. The lowest BCUT2D eigenvalue weighted by Crippen LogP contribution is -2.23. The maximum Gasteiger partial charge on any atom is 0.160 e. The highest BCUT2D eigenvalue weighted by molar-refractivity contribution is 6.09. The first kappa shape index (κ1) is 29.3. The summed E-state index contributed by atoms with van der Waals surface area (Å²) in [6.45, 7) is 2.38. The second kappa shape index (κ2) is 11.5. The normalized spacial score (nSPS) is 14.8. The van der Waals surface area contributed by atoms with E-state index in [0.717, 1.165) is 55.6 Å². The predicted molar refractivity (Wildman–Crippen MR) is 208 cm³/mol. The van der Waals surface area contributed by atoms with E-state index in [0.29, 0.717) is 5.82 Å². The quantitative estimate of drug-likeness (QED) is 0.186. The number of aromatic nitrogens is 2. The van der Waals surface area contributed by atoms with Gasteiger partial charge in [-0.05, 0) is 70.1 Å². The highest BCUT2D eigenvalue weighted by Gasteiger charge is 2.42. The predicted octanol–water partition coefficient (Wildman–Crippen LogP) is 12.4. The molecule has 0 amide bonds. The summed E-state index contributed by atoms with van der Waals surface area (Å²) < 4.78 is 6.47. The molecule has 0 radical (unpaired) electrons. The van der Waals surface area contributed by atoms with Crippen LogP contribution >= 0.6 is 0 Å². The van der Waals surface area contributed by atoms with Gasteiger partial charge in [0, 0.05) is 32.9 Å². The summed E-state index contributed by atoms with van der Waals surface area (Å²) in [5.41, 5.74) is 14.9. The first-order valence-corrected chi connectivity index (χ1v) is 17.4. The molecule has 0 bridgehead atoms. The van der Waals surface area contributed by atoms with Crippen molar-refractivity contribution in [2.75, 3.05) is 0 Å². The molecule has 0 spiro atoms. The van der Waals surface area contributed by atoms with Gasteiger partial charge in [0.2, 0.25) is 0 Å². The SMILES string of the molecule is CC1(c2ccccc2)c2ccccc2-c2cccc(-c3cccc(-c4cc(-c5cccc6c5oc5ccccc56)nc(-c5ccccc5)n4)c3)c21. The third-order valence-corrected chi connectivity index (χ3v) is 10.6. The van der Waals surface area contributed by atoms with Crippen LogP contribution in [0.25, 0.3) is 78.1 Å². The molecule has 2 heterocycles. The molecule has 2 aromatic heterocycles. The minimum atomic E-state index is -0.312. The van der Waals surface area contributed by atoms with Crippen molar-refractivity contribution in [3.8, 4) is 56.2 Å². The van der Waals surface area contributed by atoms with Gasteiger partial charge < -0.3 is 4.42 Å². The van der Waals surface area contributed by atoms with Crippen LogP contribution in [-0.2, 0) is 5.41 Å². The van der Waals surface area contributed by atoms with Gasteiger partial charge in [0.05, 0.1) is 11.4 Å². The van der Waals surface area contributed by atoms with E-state index in [-0.39, 0.29) is 5.41 Å². The Morgan fingerprint density at radius 1 is 0.451 bits per heavy atom. The maximum absolute atomic E-state index is 6.47. The van der Waals surface area contributed by atoms with Gasteiger partial charge >= 0.3 is 0 Å². The van der Waals surface area contributed by atoms with Gasteiger partial charge in [0.1, 0.15) is 11.2 Å². The Labute approximate surface area is 296 Å². The molecule has 1 atom stereocenters. The maximum atomic E-state index is 6.47. The molecular formula is C48H32N2O. The molecule has 1 aliphatic carbocycles. The van der Waals surface area contributed by atoms with E-state index < -0.39 is 0 Å². The van der Waals surface area contributed by atoms with Crippen LogP contribution in [0.4, 0.5) is 0 Å². The van der Waals surface area contributed by atoms with Crippen LogP contribution in [0.2, 0.25) is 0 Å². The summed E-state index contributed by atoms with van der Waals surface area (Å²) in [7, 11) is 0. The Morgan fingerprint density at radius 2 is 1.06 bits per heavy atom. The van der Waals surface area contributed by atoms with Crippen molar-refractivity contribution in [2.45, 2.75) is 12.3 Å². The monoisotopic (exact) mass is 652 g/mol. The van der Waals surface area contributed by atoms with E-state index >= 15 is 0 Å². The van der Waals surface area contributed by atoms with E-state index in [1.165, 1.54) is 33.4 Å². The lowest BCUT2D eigenvalue weighted by atomic mass is 9.72. The van der Waals surface area contributed by atoms with Crippen LogP contribution < -0.4 is 0 Å². The van der Waals surface area contributed by atoms with Crippen LogP contribution in [0.3, 0.4) is 0 Å². The first-order valence-electron chi connectivity index (χ1n) is 17.4. The molecule has 0 aliphatic heterocycles. The molecule has 0 saturated carbocycles. The van der Waals surface area contributed by atoms with Gasteiger partial charge in [-0.3, -0.25) is 0 Å². The second-order valence-electron chi connectivity index (χ2n) is 13.5. The van der Waals surface area contributed by atoms with Gasteiger partial charge in [-0.25, -0.2) is 9.97 Å². The van der Waals surface area contributed by atoms with Crippen LogP contribution in [0.15, 0.2) is 180 Å². The third kappa shape index (κ3) is 4.59. The second-order valence-corrected chi connectivity index (χ2v) is 13.5. The van der Waals surface area contributed by atoms with Crippen LogP contribution in [0, 0.1) is 0 Å². The van der Waals surface area contributed by atoms with Crippen molar-refractivity contribution in [1.82, 2.24) is 9.97 Å². The lowest BCUT2D eigenvalue weighted by Gasteiger charge is -2.30. The fraction of sp³-hybridized carbons (Fsp3) is 0.0417. The summed E-state index contributed by atoms with van der Waals surface area (Å²) in [6.07, 6.45) is 0. The van der Waals surface area contributed by atoms with Crippen LogP contribution in [0.1, 0.15) is 23.6 Å². The molecule has 240 valence electrons. The Bertz CT molecular complexity index is 2760. The van der Waals surface area contributed by atoms with Gasteiger partial charge in [-0.2, -0.15) is 0 Å². The smallest absolute Gasteiger partial charge is 0.160 e. The number of fused-ring (bicyclic) bond motifs is 6. The van der Waals surface area contributed by atoms with Crippen molar-refractivity contribution in [3.05, 3.63) is 193 Å². The summed E-state index contributed by atoms with van der Waals surface area (Å²) in [4.78, 5) is 10.3. The zero-order valence-corrected chi connectivity index (χ0v) is 28.0. The molecule has 3 heteroatoms. The van der Waals surface area contributed by atoms with Crippen molar-refractivity contribution >= 4 is 21.9 Å². The van der Waals surface area contributed by atoms with Gasteiger partial charge in [-0.1, -0.05) is 152 Å². The van der Waals surface area contributed by atoms with E-state index in [1.54, 1.807) is 0 Å². The molecule has 1 aliphatic rings. The van der Waals surface area contributed by atoms with E-state index in [2.05, 4.69) is 153 Å². The summed E-state index contributed by atoms with van der Waals surface area (Å²) in [5.74, 6) is 0.675. The molecule has 0 saturated heterocycles. The van der Waals surface area contributed by atoms with E-state index in [4.69, 9.17) is 14.4 Å². The molecule has 9 aromatic rings. The highest BCUT2D eigenvalue weighted by Crippen LogP contribution is 2.55. The number of hydrogen-bond acceptors (Lipinski definition) is 3. The molecule has 0 fully saturated rings. The lowest BCUT2D eigenvalue weighted by molar-refractivity contribution is 0.670. The molecular weight excluding hydrogens is 621 g/mol. The van der Waals surface area contributed by atoms with E-state index in [9.17, 15) is 0 Å². The zero-order chi connectivity index (χ0) is 33.9. The summed E-state index contributed by atoms with van der Waals surface area (Å²) >= 11 is 0. The zero-order valence-electron chi connectivity index (χ0n) is 28.0. The fourth-order valence-electron chi connectivity index (χ4n) is 8.16. The van der Waals surface area contributed by atoms with Gasteiger partial charge in [0.25, 0.3) is 0 Å². The van der Waals surface area contributed by atoms with E-state index in [1.807, 2.05) is 30.3 Å². The third-order valence-electron chi connectivity index (χ3n) is 10.6. The van der Waals surface area contributed by atoms with Gasteiger partial charge in [0.15, 0.2) is 5.82 Å². The Hall–Kier alpha value is -6.58. The first-order chi connectivity index (χ1) is 25.2. The minimum absolute atomic E-state index is 0.312. The number of hydrogen-bond donors (Lipinski definition) is 0. The molecule has 51 heavy (non-hydrogen) atoms. The number of benzene rings is 7. The number of para-hydroxylation sites is 2. The fourth-order valence-corrected chi connectivity index (χ4v) is 8.16. The number of rotatable bonds is 5. The minimum Gasteiger partial charge on any atom is -0.455 e. The Kier molecular flexibility index (Phi) is 6.62. The largest absolute Gasteiger partial charge is 0.455 e. The average molecular weight is 653 g/mol. The molecule has 0 N–H and O–H groups in total. The molecule has 10 rings (SSSR count). The Balaban J connectivity index is 1.17. The van der Waals surface area contributed by atoms with Crippen molar-refractivity contribution in [3.63, 3.8) is 0 Å². The Morgan fingerprint density at radius 3 is 1.94 bits per heavy atom. The highest BCUT2D eigenvalue weighted by atomic mass is 16.3. The molecule has 1 unspecified atom stereocenters. The number of nitrogens with zero attached hydrogens (tertiary/aromatic N) is 2. The van der Waals surface area contributed by atoms with Crippen LogP contribution in [-0.4, -0.2) is 9.97 Å². The molecule has 3 nitrogen and oxygen atoms in total. The summed E-state index contributed by atoms with van der Waals surface area (Å²) in [5, 5.41) is 2.17. The topological polar surface area (TPSA) is 38.9 Å². The van der Waals surface area contributed by atoms with Crippen molar-refractivity contribution in [2.24, 2.45) is 0 Å². The van der Waals surface area contributed by atoms with Crippen molar-refractivity contribution < 1.29 is 4.42 Å².